The van der Waals surface area contributed by atoms with Crippen LogP contribution < -0.4 is 5.73 Å². The van der Waals surface area contributed by atoms with Gasteiger partial charge in [0.15, 0.2) is 0 Å². The smallest absolute Gasteiger partial charge is 0.123 e. The highest BCUT2D eigenvalue weighted by Crippen LogP contribution is 2.25. The summed E-state index contributed by atoms with van der Waals surface area (Å²) in [7, 11) is 0. The van der Waals surface area contributed by atoms with Gasteiger partial charge in [0.05, 0.1) is 11.8 Å². The molecule has 0 aliphatic carbocycles. The molecule has 7 heteroatoms. The first-order valence-electron chi connectivity index (χ1n) is 7.59. The van der Waals surface area contributed by atoms with Crippen LogP contribution in [0, 0.1) is 5.82 Å². The van der Waals surface area contributed by atoms with Crippen molar-refractivity contribution in [2.75, 3.05) is 6.54 Å². The van der Waals surface area contributed by atoms with Gasteiger partial charge in [-0.3, -0.25) is 4.99 Å². The Morgan fingerprint density at radius 3 is 2.92 bits per heavy atom. The quantitative estimate of drug-likeness (QED) is 0.738. The average Bonchev–Trinajstić information content (AvgIpc) is 3.00. The first-order valence-corrected chi connectivity index (χ1v) is 8.38. The Morgan fingerprint density at radius 1 is 1.54 bits per heavy atom. The second kappa shape index (κ2) is 8.21. The van der Waals surface area contributed by atoms with Crippen LogP contribution in [0.25, 0.3) is 5.69 Å². The molecule has 0 aliphatic rings. The third kappa shape index (κ3) is 4.10. The predicted octanol–water partition coefficient (Wildman–Crippen LogP) is 3.26. The molecular weight excluding hydrogens is 375 g/mol. The fraction of sp³-hybridized carbons (Fsp3) is 0.294. The normalized spacial score (nSPS) is 14.0. The van der Waals surface area contributed by atoms with Gasteiger partial charge in [0.1, 0.15) is 16.3 Å². The summed E-state index contributed by atoms with van der Waals surface area (Å²) in [5.74, 6) is 0.320. The fourth-order valence-corrected chi connectivity index (χ4v) is 2.90. The number of hydrogen-bond acceptors (Lipinski definition) is 4. The summed E-state index contributed by atoms with van der Waals surface area (Å²) in [6, 6.07) is 4.32. The van der Waals surface area contributed by atoms with Gasteiger partial charge in [0.25, 0.3) is 0 Å². The molecule has 1 atom stereocenters. The Labute approximate surface area is 148 Å². The number of nitrogens with two attached hydrogens (primary N) is 1. The highest BCUT2D eigenvalue weighted by Gasteiger charge is 2.15. The number of benzene rings is 1. The predicted molar refractivity (Wildman–Crippen MR) is 97.0 cm³/mol. The minimum Gasteiger partial charge on any atom is -0.404 e. The van der Waals surface area contributed by atoms with E-state index in [4.69, 9.17) is 5.73 Å². The van der Waals surface area contributed by atoms with Crippen LogP contribution in [0.15, 0.2) is 47.4 Å². The number of rotatable bonds is 6. The standard InChI is InChI=1S/C17H20BrFN4O/c1-3-21-17(18)12(10-20)8-16-22-6-7-23(16)15-5-4-13(19)9-14(15)11(2)24/h4-7,9-11,24H,3,8,20H2,1-2H3. The van der Waals surface area contributed by atoms with Crippen LogP contribution in [0.1, 0.15) is 31.3 Å². The molecule has 5 nitrogen and oxygen atoms in total. The summed E-state index contributed by atoms with van der Waals surface area (Å²) in [4.78, 5) is 8.66. The molecule has 1 aromatic heterocycles. The van der Waals surface area contributed by atoms with Crippen molar-refractivity contribution in [1.82, 2.24) is 9.55 Å². The molecule has 1 heterocycles. The van der Waals surface area contributed by atoms with Crippen LogP contribution in [0.2, 0.25) is 0 Å². The van der Waals surface area contributed by atoms with E-state index < -0.39 is 11.9 Å². The van der Waals surface area contributed by atoms with Crippen molar-refractivity contribution in [3.63, 3.8) is 0 Å². The lowest BCUT2D eigenvalue weighted by Crippen LogP contribution is -2.10. The lowest BCUT2D eigenvalue weighted by Gasteiger charge is -2.15. The third-order valence-electron chi connectivity index (χ3n) is 3.53. The number of aromatic nitrogens is 2. The number of imidazole rings is 1. The van der Waals surface area contributed by atoms with Gasteiger partial charge in [-0.05, 0) is 48.0 Å². The molecule has 1 unspecified atom stereocenters. The number of halogens is 2. The fourth-order valence-electron chi connectivity index (χ4n) is 2.38. The van der Waals surface area contributed by atoms with E-state index >= 15 is 0 Å². The van der Waals surface area contributed by atoms with E-state index in [1.165, 1.54) is 18.3 Å². The lowest BCUT2D eigenvalue weighted by atomic mass is 10.1. The highest BCUT2D eigenvalue weighted by atomic mass is 79.9. The summed E-state index contributed by atoms with van der Waals surface area (Å²) >= 11 is 3.41. The van der Waals surface area contributed by atoms with E-state index in [9.17, 15) is 9.50 Å². The SMILES string of the molecule is CCN=C(Br)C(=CN)Cc1nccn1-c1ccc(F)cc1C(C)O. The second-order valence-corrected chi connectivity index (χ2v) is 5.98. The van der Waals surface area contributed by atoms with Gasteiger partial charge in [0, 0.05) is 42.7 Å². The zero-order valence-corrected chi connectivity index (χ0v) is 15.2. The van der Waals surface area contributed by atoms with Crippen molar-refractivity contribution in [2.24, 2.45) is 10.7 Å². The Morgan fingerprint density at radius 2 is 2.29 bits per heavy atom. The summed E-state index contributed by atoms with van der Waals surface area (Å²) in [6.45, 7) is 4.17. The number of hydrogen-bond donors (Lipinski definition) is 2. The van der Waals surface area contributed by atoms with Crippen LogP contribution >= 0.6 is 15.9 Å². The summed E-state index contributed by atoms with van der Waals surface area (Å²) in [5, 5.41) is 9.95. The monoisotopic (exact) mass is 394 g/mol. The zero-order chi connectivity index (χ0) is 17.7. The Hall–Kier alpha value is -1.99. The van der Waals surface area contributed by atoms with Crippen LogP contribution in [0.4, 0.5) is 4.39 Å². The molecular formula is C17H20BrFN4O. The van der Waals surface area contributed by atoms with Crippen LogP contribution in [-0.2, 0) is 6.42 Å². The van der Waals surface area contributed by atoms with Crippen LogP contribution in [0.5, 0.6) is 0 Å². The lowest BCUT2D eigenvalue weighted by molar-refractivity contribution is 0.198. The molecule has 0 bridgehead atoms. The molecule has 0 amide bonds. The number of allylic oxidation sites excluding steroid dienone is 1. The van der Waals surface area contributed by atoms with Gasteiger partial charge < -0.3 is 15.4 Å². The zero-order valence-electron chi connectivity index (χ0n) is 13.6. The largest absolute Gasteiger partial charge is 0.404 e. The molecule has 0 saturated heterocycles. The van der Waals surface area contributed by atoms with Crippen molar-refractivity contribution >= 4 is 20.6 Å². The van der Waals surface area contributed by atoms with Crippen LogP contribution in [0.3, 0.4) is 0 Å². The van der Waals surface area contributed by atoms with E-state index in [1.54, 1.807) is 25.4 Å². The molecule has 0 spiro atoms. The van der Waals surface area contributed by atoms with Crippen molar-refractivity contribution < 1.29 is 9.50 Å². The summed E-state index contributed by atoms with van der Waals surface area (Å²) in [5.41, 5.74) is 7.68. The van der Waals surface area contributed by atoms with Crippen molar-refractivity contribution in [2.45, 2.75) is 26.4 Å². The van der Waals surface area contributed by atoms with E-state index in [-0.39, 0.29) is 0 Å². The van der Waals surface area contributed by atoms with E-state index in [0.29, 0.717) is 34.7 Å². The van der Waals surface area contributed by atoms with Gasteiger partial charge in [-0.25, -0.2) is 9.37 Å². The van der Waals surface area contributed by atoms with E-state index in [1.807, 2.05) is 11.5 Å². The van der Waals surface area contributed by atoms with Crippen molar-refractivity contribution in [1.29, 1.82) is 0 Å². The number of nitrogens with zero attached hydrogens (tertiary/aromatic N) is 3. The number of aliphatic imine (C=N–C) groups is 1. The molecule has 24 heavy (non-hydrogen) atoms. The number of aliphatic hydroxyl groups excluding tert-OH is 1. The first kappa shape index (κ1) is 18.4. The summed E-state index contributed by atoms with van der Waals surface area (Å²) < 4.78 is 16.0. The highest BCUT2D eigenvalue weighted by molar-refractivity contribution is 9.18. The maximum absolute atomic E-state index is 13.5. The maximum Gasteiger partial charge on any atom is 0.123 e. The van der Waals surface area contributed by atoms with Gasteiger partial charge in [-0.1, -0.05) is 0 Å². The minimum atomic E-state index is -0.802. The molecule has 1 aromatic carbocycles. The Bertz CT molecular complexity index is 768. The molecule has 0 fully saturated rings. The Balaban J connectivity index is 2.43. The second-order valence-electron chi connectivity index (χ2n) is 5.23. The van der Waals surface area contributed by atoms with E-state index in [2.05, 4.69) is 25.9 Å². The molecule has 0 radical (unpaired) electrons. The topological polar surface area (TPSA) is 76.4 Å². The molecule has 3 N–H and O–H groups in total. The minimum absolute atomic E-state index is 0.392. The van der Waals surface area contributed by atoms with E-state index in [0.717, 1.165) is 5.57 Å². The molecule has 0 saturated carbocycles. The van der Waals surface area contributed by atoms with Crippen molar-refractivity contribution in [3.8, 4) is 5.69 Å². The summed E-state index contributed by atoms with van der Waals surface area (Å²) in [6.07, 6.45) is 4.56. The maximum atomic E-state index is 13.5. The third-order valence-corrected chi connectivity index (χ3v) is 4.29. The van der Waals surface area contributed by atoms with Gasteiger partial charge >= 0.3 is 0 Å². The molecule has 128 valence electrons. The van der Waals surface area contributed by atoms with Gasteiger partial charge in [-0.2, -0.15) is 0 Å². The van der Waals surface area contributed by atoms with Crippen LogP contribution in [-0.4, -0.2) is 25.8 Å². The Kier molecular flexibility index (Phi) is 6.28. The number of aliphatic hydroxyl groups is 1. The molecule has 0 aliphatic heterocycles. The van der Waals surface area contributed by atoms with Gasteiger partial charge in [0.2, 0.25) is 0 Å². The molecule has 2 rings (SSSR count). The van der Waals surface area contributed by atoms with Gasteiger partial charge in [-0.15, -0.1) is 0 Å². The average molecular weight is 395 g/mol. The first-order chi connectivity index (χ1) is 11.5. The molecule has 2 aromatic rings. The van der Waals surface area contributed by atoms with Crippen molar-refractivity contribution in [3.05, 3.63) is 59.6 Å².